The van der Waals surface area contributed by atoms with Gasteiger partial charge in [-0.05, 0) is 18.0 Å². The monoisotopic (exact) mass is 246 g/mol. The van der Waals surface area contributed by atoms with Crippen LogP contribution < -0.4 is 0 Å². The van der Waals surface area contributed by atoms with Crippen LogP contribution in [0.4, 0.5) is 8.78 Å². The second-order valence-electron chi connectivity index (χ2n) is 3.05. The molecular weight excluding hydrogens is 238 g/mol. The SMILES string of the molecule is C=CCC(C(=C)F)n1ncc(C(=O)Cl)c1F. The van der Waals surface area contributed by atoms with Crippen molar-refractivity contribution >= 4 is 16.8 Å². The topological polar surface area (TPSA) is 34.9 Å². The van der Waals surface area contributed by atoms with Gasteiger partial charge in [-0.25, -0.2) is 9.07 Å². The Balaban J connectivity index is 3.15. The fraction of sp³-hybridized carbons (Fsp3) is 0.200. The van der Waals surface area contributed by atoms with Crippen LogP contribution in [0.15, 0.2) is 31.3 Å². The molecule has 6 heteroatoms. The Morgan fingerprint density at radius 1 is 1.75 bits per heavy atom. The molecule has 0 bridgehead atoms. The number of carbonyl (C=O) groups excluding carboxylic acids is 1. The van der Waals surface area contributed by atoms with Crippen LogP contribution in [-0.2, 0) is 0 Å². The molecule has 0 fully saturated rings. The van der Waals surface area contributed by atoms with Crippen LogP contribution in [0.1, 0.15) is 22.8 Å². The van der Waals surface area contributed by atoms with Crippen LogP contribution in [0.2, 0.25) is 0 Å². The first-order valence-corrected chi connectivity index (χ1v) is 4.74. The van der Waals surface area contributed by atoms with Crippen molar-refractivity contribution < 1.29 is 13.6 Å². The van der Waals surface area contributed by atoms with Gasteiger partial charge in [0.05, 0.1) is 6.20 Å². The van der Waals surface area contributed by atoms with Crippen molar-refractivity contribution in [2.24, 2.45) is 0 Å². The van der Waals surface area contributed by atoms with Gasteiger partial charge in [0.25, 0.3) is 5.24 Å². The van der Waals surface area contributed by atoms with Gasteiger partial charge in [-0.1, -0.05) is 12.7 Å². The summed E-state index contributed by atoms with van der Waals surface area (Å²) in [6, 6.07) is -1.01. The highest BCUT2D eigenvalue weighted by atomic mass is 35.5. The van der Waals surface area contributed by atoms with Gasteiger partial charge >= 0.3 is 0 Å². The lowest BCUT2D eigenvalue weighted by atomic mass is 10.2. The highest BCUT2D eigenvalue weighted by molar-refractivity contribution is 6.67. The molecule has 1 atom stereocenters. The summed E-state index contributed by atoms with van der Waals surface area (Å²) < 4.78 is 27.3. The molecular formula is C10H9ClF2N2O. The number of halogens is 3. The van der Waals surface area contributed by atoms with E-state index in [1.807, 2.05) is 0 Å². The lowest BCUT2D eigenvalue weighted by molar-refractivity contribution is 0.107. The highest BCUT2D eigenvalue weighted by Crippen LogP contribution is 2.24. The van der Waals surface area contributed by atoms with Gasteiger partial charge in [-0.3, -0.25) is 4.79 Å². The average molecular weight is 247 g/mol. The van der Waals surface area contributed by atoms with E-state index in [1.165, 1.54) is 6.08 Å². The highest BCUT2D eigenvalue weighted by Gasteiger charge is 2.22. The lowest BCUT2D eigenvalue weighted by Gasteiger charge is -2.13. The molecule has 0 aliphatic heterocycles. The summed E-state index contributed by atoms with van der Waals surface area (Å²) in [6.45, 7) is 6.50. The second kappa shape index (κ2) is 5.03. The summed E-state index contributed by atoms with van der Waals surface area (Å²) in [4.78, 5) is 10.8. The Labute approximate surface area is 96.0 Å². The molecule has 0 radical (unpaired) electrons. The molecule has 0 amide bonds. The third-order valence-corrected chi connectivity index (χ3v) is 2.20. The van der Waals surface area contributed by atoms with Crippen molar-refractivity contribution in [3.05, 3.63) is 42.8 Å². The molecule has 0 aliphatic carbocycles. The second-order valence-corrected chi connectivity index (χ2v) is 3.40. The lowest BCUT2D eigenvalue weighted by Crippen LogP contribution is -2.13. The largest absolute Gasteiger partial charge is 0.275 e. The Bertz CT molecular complexity index is 442. The summed E-state index contributed by atoms with van der Waals surface area (Å²) in [7, 11) is 0. The molecule has 16 heavy (non-hydrogen) atoms. The van der Waals surface area contributed by atoms with Crippen LogP contribution >= 0.6 is 11.6 Å². The van der Waals surface area contributed by atoms with Crippen molar-refractivity contribution in [1.29, 1.82) is 0 Å². The van der Waals surface area contributed by atoms with Gasteiger partial charge in [0.15, 0.2) is 0 Å². The predicted octanol–water partition coefficient (Wildman–Crippen LogP) is 3.00. The minimum atomic E-state index is -1.01. The standard InChI is InChI=1S/C10H9ClF2N2O/c1-3-4-8(6(2)12)15-10(13)7(5-14-15)9(11)16/h3,5,8H,1-2,4H2. The van der Waals surface area contributed by atoms with E-state index in [-0.39, 0.29) is 6.42 Å². The first-order valence-electron chi connectivity index (χ1n) is 4.37. The molecule has 0 N–H and O–H groups in total. The fourth-order valence-electron chi connectivity index (χ4n) is 1.21. The van der Waals surface area contributed by atoms with Crippen molar-refractivity contribution in [3.8, 4) is 0 Å². The van der Waals surface area contributed by atoms with Crippen LogP contribution in [0.5, 0.6) is 0 Å². The molecule has 0 saturated heterocycles. The molecule has 1 rings (SSSR count). The molecule has 0 spiro atoms. The van der Waals surface area contributed by atoms with E-state index in [0.29, 0.717) is 0 Å². The van der Waals surface area contributed by atoms with Crippen LogP contribution in [0.3, 0.4) is 0 Å². The first kappa shape index (κ1) is 12.6. The summed E-state index contributed by atoms with van der Waals surface area (Å²) in [6.07, 6.45) is 2.46. The van der Waals surface area contributed by atoms with Crippen molar-refractivity contribution in [2.75, 3.05) is 0 Å². The Morgan fingerprint density at radius 3 is 2.75 bits per heavy atom. The number of carbonyl (C=O) groups is 1. The fourth-order valence-corrected chi connectivity index (χ4v) is 1.34. The smallest absolute Gasteiger partial charge is 0.258 e. The average Bonchev–Trinajstić information content (AvgIpc) is 2.56. The summed E-state index contributed by atoms with van der Waals surface area (Å²) in [5, 5.41) is 2.58. The third-order valence-electron chi connectivity index (χ3n) is 1.99. The van der Waals surface area contributed by atoms with Crippen LogP contribution in [0.25, 0.3) is 0 Å². The molecule has 0 saturated carbocycles. The number of aromatic nitrogens is 2. The maximum absolute atomic E-state index is 13.6. The minimum Gasteiger partial charge on any atom is -0.275 e. The van der Waals surface area contributed by atoms with Gasteiger partial charge in [0, 0.05) is 0 Å². The zero-order valence-corrected chi connectivity index (χ0v) is 9.05. The molecule has 1 heterocycles. The van der Waals surface area contributed by atoms with E-state index < -0.39 is 28.6 Å². The van der Waals surface area contributed by atoms with E-state index in [1.54, 1.807) is 0 Å². The maximum atomic E-state index is 13.6. The van der Waals surface area contributed by atoms with Crippen molar-refractivity contribution in [1.82, 2.24) is 9.78 Å². The Morgan fingerprint density at radius 2 is 2.38 bits per heavy atom. The number of hydrogen-bond donors (Lipinski definition) is 0. The van der Waals surface area contributed by atoms with Crippen LogP contribution in [-0.4, -0.2) is 15.0 Å². The van der Waals surface area contributed by atoms with E-state index in [2.05, 4.69) is 18.3 Å². The number of allylic oxidation sites excluding steroid dienone is 2. The van der Waals surface area contributed by atoms with Gasteiger partial charge in [-0.15, -0.1) is 6.58 Å². The van der Waals surface area contributed by atoms with Crippen LogP contribution in [0, 0.1) is 5.95 Å². The number of nitrogens with zero attached hydrogens (tertiary/aromatic N) is 2. The zero-order valence-electron chi connectivity index (χ0n) is 8.29. The van der Waals surface area contributed by atoms with Crippen molar-refractivity contribution in [2.45, 2.75) is 12.5 Å². The predicted molar refractivity (Wildman–Crippen MR) is 56.5 cm³/mol. The Kier molecular flexibility index (Phi) is 3.95. The number of rotatable bonds is 5. The number of hydrogen-bond acceptors (Lipinski definition) is 2. The normalized spacial score (nSPS) is 12.2. The quantitative estimate of drug-likeness (QED) is 0.591. The minimum absolute atomic E-state index is 0.115. The van der Waals surface area contributed by atoms with Crippen molar-refractivity contribution in [3.63, 3.8) is 0 Å². The first-order chi connectivity index (χ1) is 7.49. The van der Waals surface area contributed by atoms with Gasteiger partial charge in [-0.2, -0.15) is 9.49 Å². The van der Waals surface area contributed by atoms with E-state index in [9.17, 15) is 13.6 Å². The summed E-state index contributed by atoms with van der Waals surface area (Å²) in [5.41, 5.74) is -0.392. The van der Waals surface area contributed by atoms with E-state index in [4.69, 9.17) is 11.6 Å². The van der Waals surface area contributed by atoms with E-state index >= 15 is 0 Å². The zero-order chi connectivity index (χ0) is 12.3. The summed E-state index contributed by atoms with van der Waals surface area (Å²) >= 11 is 5.11. The third kappa shape index (κ3) is 2.36. The molecule has 86 valence electrons. The summed E-state index contributed by atoms with van der Waals surface area (Å²) in [5.74, 6) is -1.75. The van der Waals surface area contributed by atoms with Gasteiger partial charge in [0.1, 0.15) is 17.4 Å². The Hall–Kier alpha value is -1.49. The van der Waals surface area contributed by atoms with E-state index in [0.717, 1.165) is 10.9 Å². The van der Waals surface area contributed by atoms with Gasteiger partial charge in [0.2, 0.25) is 5.95 Å². The molecule has 0 aromatic carbocycles. The molecule has 1 aromatic heterocycles. The molecule has 0 aliphatic rings. The maximum Gasteiger partial charge on any atom is 0.258 e. The molecule has 1 aromatic rings. The molecule has 1 unspecified atom stereocenters. The van der Waals surface area contributed by atoms with Gasteiger partial charge < -0.3 is 0 Å². The molecule has 3 nitrogen and oxygen atoms in total.